The predicted molar refractivity (Wildman–Crippen MR) is 87.5 cm³/mol. The lowest BCUT2D eigenvalue weighted by molar-refractivity contribution is -0.137. The molecule has 1 heterocycles. The van der Waals surface area contributed by atoms with Gasteiger partial charge in [0.15, 0.2) is 5.76 Å². The molecule has 26 heavy (non-hydrogen) atoms. The molecule has 8 heteroatoms. The van der Waals surface area contributed by atoms with Crippen molar-refractivity contribution in [3.63, 3.8) is 0 Å². The average Bonchev–Trinajstić information content (AvgIpc) is 3.08. The molecule has 0 unspecified atom stereocenters. The van der Waals surface area contributed by atoms with E-state index in [0.717, 1.165) is 18.2 Å². The minimum absolute atomic E-state index is 0.199. The van der Waals surface area contributed by atoms with Crippen molar-refractivity contribution in [2.45, 2.75) is 12.8 Å². The first-order chi connectivity index (χ1) is 12.3. The van der Waals surface area contributed by atoms with Crippen LogP contribution in [0, 0.1) is 0 Å². The van der Waals surface area contributed by atoms with Gasteiger partial charge in [0.1, 0.15) is 12.3 Å². The van der Waals surface area contributed by atoms with Gasteiger partial charge in [0.05, 0.1) is 16.1 Å². The zero-order valence-electron chi connectivity index (χ0n) is 13.1. The maximum Gasteiger partial charge on any atom is 0.416 e. The zero-order valence-corrected chi connectivity index (χ0v) is 13.8. The van der Waals surface area contributed by atoms with Crippen LogP contribution >= 0.6 is 11.6 Å². The van der Waals surface area contributed by atoms with Crippen LogP contribution in [0.5, 0.6) is 0 Å². The molecule has 0 amide bonds. The van der Waals surface area contributed by atoms with Crippen LogP contribution in [0.2, 0.25) is 5.02 Å². The Hall–Kier alpha value is -2.80. The number of halogens is 4. The summed E-state index contributed by atoms with van der Waals surface area (Å²) in [6.45, 7) is -0.247. The van der Waals surface area contributed by atoms with E-state index < -0.39 is 17.7 Å². The molecule has 0 spiro atoms. The number of rotatable bonds is 4. The molecule has 0 aliphatic carbocycles. The largest absolute Gasteiger partial charge is 0.455 e. The minimum atomic E-state index is -4.54. The summed E-state index contributed by atoms with van der Waals surface area (Å²) in [6.07, 6.45) is -4.54. The first kappa shape index (κ1) is 18.0. The minimum Gasteiger partial charge on any atom is -0.455 e. The molecule has 2 aromatic carbocycles. The number of alkyl halides is 3. The summed E-state index contributed by atoms with van der Waals surface area (Å²) in [6, 6.07) is 12.5. The summed E-state index contributed by atoms with van der Waals surface area (Å²) >= 11 is 6.06. The smallest absolute Gasteiger partial charge is 0.416 e. The van der Waals surface area contributed by atoms with E-state index >= 15 is 0 Å². The highest BCUT2D eigenvalue weighted by Gasteiger charge is 2.31. The molecule has 0 aliphatic rings. The van der Waals surface area contributed by atoms with Gasteiger partial charge >= 0.3 is 12.1 Å². The zero-order chi connectivity index (χ0) is 18.7. The number of hydrogen-bond donors (Lipinski definition) is 0. The summed E-state index contributed by atoms with van der Waals surface area (Å²) in [7, 11) is 0. The Bertz CT molecular complexity index is 937. The summed E-state index contributed by atoms with van der Waals surface area (Å²) < 4.78 is 48.2. The van der Waals surface area contributed by atoms with Crippen molar-refractivity contribution in [1.82, 2.24) is 5.16 Å². The second kappa shape index (κ2) is 7.21. The summed E-state index contributed by atoms with van der Waals surface area (Å²) in [5.74, 6) is -0.501. The molecule has 134 valence electrons. The Labute approximate surface area is 151 Å². The van der Waals surface area contributed by atoms with E-state index in [1.54, 1.807) is 30.3 Å². The summed E-state index contributed by atoms with van der Waals surface area (Å²) in [5.41, 5.74) is -0.193. The van der Waals surface area contributed by atoms with Crippen molar-refractivity contribution in [3.05, 3.63) is 76.4 Å². The van der Waals surface area contributed by atoms with Gasteiger partial charge in [0.25, 0.3) is 0 Å². The van der Waals surface area contributed by atoms with Crippen molar-refractivity contribution in [3.8, 4) is 11.3 Å². The molecule has 3 rings (SSSR count). The van der Waals surface area contributed by atoms with Crippen molar-refractivity contribution in [2.24, 2.45) is 0 Å². The Balaban J connectivity index is 1.68. The number of ether oxygens (including phenoxy) is 1. The molecule has 1 aromatic heterocycles. The Kier molecular flexibility index (Phi) is 4.99. The highest BCUT2D eigenvalue weighted by atomic mass is 35.5. The summed E-state index contributed by atoms with van der Waals surface area (Å²) in [5, 5.41) is 4.23. The van der Waals surface area contributed by atoms with E-state index in [1.165, 1.54) is 6.07 Å². The quantitative estimate of drug-likeness (QED) is 0.570. The van der Waals surface area contributed by atoms with E-state index in [4.69, 9.17) is 20.9 Å². The van der Waals surface area contributed by atoms with Crippen LogP contribution in [0.25, 0.3) is 11.3 Å². The monoisotopic (exact) mass is 381 g/mol. The fourth-order valence-corrected chi connectivity index (χ4v) is 2.44. The second-order valence-electron chi connectivity index (χ2n) is 5.32. The van der Waals surface area contributed by atoms with Gasteiger partial charge in [-0.1, -0.05) is 35.0 Å². The van der Waals surface area contributed by atoms with Crippen molar-refractivity contribution >= 4 is 17.6 Å². The van der Waals surface area contributed by atoms with Gasteiger partial charge in [0.2, 0.25) is 0 Å². The van der Waals surface area contributed by atoms with E-state index in [1.807, 2.05) is 0 Å². The van der Waals surface area contributed by atoms with E-state index in [2.05, 4.69) is 5.16 Å². The van der Waals surface area contributed by atoms with Crippen LogP contribution in [-0.4, -0.2) is 11.1 Å². The van der Waals surface area contributed by atoms with E-state index in [0.29, 0.717) is 22.0 Å². The first-order valence-electron chi connectivity index (χ1n) is 7.39. The van der Waals surface area contributed by atoms with Gasteiger partial charge in [-0.05, 0) is 30.3 Å². The van der Waals surface area contributed by atoms with Gasteiger partial charge in [-0.3, -0.25) is 0 Å². The van der Waals surface area contributed by atoms with Gasteiger partial charge in [-0.25, -0.2) is 4.79 Å². The lowest BCUT2D eigenvalue weighted by Crippen LogP contribution is -2.09. The van der Waals surface area contributed by atoms with Crippen molar-refractivity contribution in [1.29, 1.82) is 0 Å². The van der Waals surface area contributed by atoms with Crippen LogP contribution in [0.4, 0.5) is 13.2 Å². The van der Waals surface area contributed by atoms with Gasteiger partial charge in [-0.2, -0.15) is 13.2 Å². The lowest BCUT2D eigenvalue weighted by atomic mass is 10.1. The molecule has 3 aromatic rings. The maximum absolute atomic E-state index is 12.7. The molecule has 0 N–H and O–H groups in total. The third-order valence-electron chi connectivity index (χ3n) is 3.48. The highest BCUT2D eigenvalue weighted by molar-refractivity contribution is 6.33. The van der Waals surface area contributed by atoms with Gasteiger partial charge < -0.3 is 9.26 Å². The molecule has 0 aliphatic heterocycles. The van der Waals surface area contributed by atoms with E-state index in [9.17, 15) is 18.0 Å². The first-order valence-corrected chi connectivity index (χ1v) is 7.77. The molecule has 4 nitrogen and oxygen atoms in total. The normalized spacial score (nSPS) is 11.4. The fourth-order valence-electron chi connectivity index (χ4n) is 2.21. The predicted octanol–water partition coefficient (Wildman–Crippen LogP) is 5.37. The molecule has 0 bridgehead atoms. The third kappa shape index (κ3) is 4.05. The van der Waals surface area contributed by atoms with Crippen molar-refractivity contribution in [2.75, 3.05) is 0 Å². The molecule has 0 radical (unpaired) electrons. The summed E-state index contributed by atoms with van der Waals surface area (Å²) in [4.78, 5) is 12.0. The standard InChI is InChI=1S/C18H11ClF3NO3/c19-15-7-2-1-6-14(15)16-9-13(23-26-16)10-25-17(24)11-4-3-5-12(8-11)18(20,21)22/h1-9H,10H2. The second-order valence-corrected chi connectivity index (χ2v) is 5.72. The van der Waals surface area contributed by atoms with Crippen LogP contribution in [-0.2, 0) is 17.5 Å². The van der Waals surface area contributed by atoms with Gasteiger partial charge in [0, 0.05) is 11.6 Å². The number of benzene rings is 2. The van der Waals surface area contributed by atoms with Crippen LogP contribution < -0.4 is 0 Å². The molecule has 0 saturated heterocycles. The number of aromatic nitrogens is 1. The number of hydrogen-bond acceptors (Lipinski definition) is 4. The highest BCUT2D eigenvalue weighted by Crippen LogP contribution is 2.30. The molecular weight excluding hydrogens is 371 g/mol. The van der Waals surface area contributed by atoms with Crippen LogP contribution in [0.1, 0.15) is 21.6 Å². The molecule has 0 saturated carbocycles. The van der Waals surface area contributed by atoms with Crippen LogP contribution in [0.3, 0.4) is 0 Å². The lowest BCUT2D eigenvalue weighted by Gasteiger charge is -2.08. The Morgan fingerprint density at radius 1 is 1.12 bits per heavy atom. The maximum atomic E-state index is 12.7. The number of carbonyl (C=O) groups excluding carboxylic acids is 1. The van der Waals surface area contributed by atoms with Gasteiger partial charge in [-0.15, -0.1) is 0 Å². The topological polar surface area (TPSA) is 52.3 Å². The number of esters is 1. The molecule has 0 atom stereocenters. The molecular formula is C18H11ClF3NO3. The Morgan fingerprint density at radius 2 is 1.88 bits per heavy atom. The number of nitrogens with zero attached hydrogens (tertiary/aromatic N) is 1. The molecule has 0 fully saturated rings. The third-order valence-corrected chi connectivity index (χ3v) is 3.80. The van der Waals surface area contributed by atoms with Crippen molar-refractivity contribution < 1.29 is 27.2 Å². The van der Waals surface area contributed by atoms with E-state index in [-0.39, 0.29) is 12.2 Å². The number of carbonyl (C=O) groups is 1. The Morgan fingerprint density at radius 3 is 2.62 bits per heavy atom. The SMILES string of the molecule is O=C(OCc1cc(-c2ccccc2Cl)on1)c1cccc(C(F)(F)F)c1. The average molecular weight is 382 g/mol. The van der Waals surface area contributed by atoms with Crippen LogP contribution in [0.15, 0.2) is 59.1 Å². The fraction of sp³-hybridized carbons (Fsp3) is 0.111.